The Hall–Kier alpha value is -2.69. The number of hydrogen-bond donors (Lipinski definition) is 1. The number of halogens is 3. The van der Waals surface area contributed by atoms with Crippen LogP contribution in [0.2, 0.25) is 9.36 Å². The van der Waals surface area contributed by atoms with Crippen LogP contribution in [0.1, 0.15) is 34.5 Å². The summed E-state index contributed by atoms with van der Waals surface area (Å²) in [6, 6.07) is 14.5. The molecule has 0 spiro atoms. The van der Waals surface area contributed by atoms with Crippen molar-refractivity contribution in [3.8, 4) is 0 Å². The summed E-state index contributed by atoms with van der Waals surface area (Å²) in [4.78, 5) is 13.8. The number of carbonyl (C=O) groups is 1. The predicted octanol–water partition coefficient (Wildman–Crippen LogP) is 7.81. The highest BCUT2D eigenvalue weighted by atomic mass is 35.5. The maximum Gasteiger partial charge on any atom is 0.273 e. The van der Waals surface area contributed by atoms with Crippen LogP contribution in [0, 0.1) is 5.82 Å². The summed E-state index contributed by atoms with van der Waals surface area (Å²) in [5, 5.41) is 2.11. The molecular weight excluding hydrogens is 598 g/mol. The van der Waals surface area contributed by atoms with Gasteiger partial charge in [0.1, 0.15) is 14.4 Å². The number of sulfonamides is 1. The third-order valence-corrected chi connectivity index (χ3v) is 11.6. The van der Waals surface area contributed by atoms with E-state index in [1.54, 1.807) is 17.4 Å². The molecule has 0 radical (unpaired) electrons. The molecule has 3 heterocycles. The second kappa shape index (κ2) is 10.4. The van der Waals surface area contributed by atoms with Crippen molar-refractivity contribution >= 4 is 88.9 Å². The van der Waals surface area contributed by atoms with Gasteiger partial charge in [-0.15, -0.1) is 22.7 Å². The lowest BCUT2D eigenvalue weighted by atomic mass is 9.95. The van der Waals surface area contributed by atoms with E-state index in [-0.39, 0.29) is 13.6 Å². The maximum absolute atomic E-state index is 14.8. The second-order valence-electron chi connectivity index (χ2n) is 9.35. The molecule has 0 atom stereocenters. The number of nitrogens with one attached hydrogen (secondary N) is 1. The normalized spacial score (nSPS) is 13.9. The molecule has 0 fully saturated rings. The Bertz CT molecular complexity index is 1850. The lowest BCUT2D eigenvalue weighted by Gasteiger charge is -2.16. The number of amides is 1. The number of fused-ring (bicyclic) bond motifs is 4. The number of aryl methyl sites for hydroxylation is 1. The molecule has 0 aliphatic heterocycles. The van der Waals surface area contributed by atoms with Crippen molar-refractivity contribution in [2.75, 3.05) is 0 Å². The van der Waals surface area contributed by atoms with E-state index < -0.39 is 21.7 Å². The highest BCUT2D eigenvalue weighted by Gasteiger charge is 2.24. The highest BCUT2D eigenvalue weighted by Crippen LogP contribution is 2.37. The van der Waals surface area contributed by atoms with Gasteiger partial charge >= 0.3 is 0 Å². The van der Waals surface area contributed by atoms with Crippen molar-refractivity contribution in [3.63, 3.8) is 0 Å². The molecule has 0 saturated heterocycles. The van der Waals surface area contributed by atoms with Crippen LogP contribution < -0.4 is 4.72 Å². The predicted molar refractivity (Wildman–Crippen MR) is 158 cm³/mol. The molecule has 200 valence electrons. The van der Waals surface area contributed by atoms with Gasteiger partial charge in [0, 0.05) is 32.3 Å². The van der Waals surface area contributed by atoms with Gasteiger partial charge in [0.25, 0.3) is 15.9 Å². The molecule has 0 bridgehead atoms. The number of carbonyl (C=O) groups excluding carboxylic acids is 1. The van der Waals surface area contributed by atoms with Crippen molar-refractivity contribution in [2.45, 2.75) is 36.4 Å². The molecule has 0 saturated carbocycles. The first-order chi connectivity index (χ1) is 18.7. The van der Waals surface area contributed by atoms with Crippen LogP contribution in [-0.2, 0) is 34.2 Å². The van der Waals surface area contributed by atoms with Crippen molar-refractivity contribution in [1.82, 2.24) is 9.29 Å². The first-order valence-electron chi connectivity index (χ1n) is 12.2. The van der Waals surface area contributed by atoms with Gasteiger partial charge in [0.2, 0.25) is 0 Å². The van der Waals surface area contributed by atoms with Gasteiger partial charge in [0.15, 0.2) is 0 Å². The van der Waals surface area contributed by atoms with E-state index in [4.69, 9.17) is 23.2 Å². The van der Waals surface area contributed by atoms with Crippen LogP contribution >= 0.6 is 45.9 Å². The van der Waals surface area contributed by atoms with Crippen molar-refractivity contribution in [2.24, 2.45) is 0 Å². The maximum atomic E-state index is 14.8. The first-order valence-corrected chi connectivity index (χ1v) is 16.1. The molecular formula is C28H21Cl2FN2O3S3. The number of nitrogens with zero attached hydrogens (tertiary/aromatic N) is 1. The molecule has 1 amide bonds. The molecule has 3 aromatic heterocycles. The summed E-state index contributed by atoms with van der Waals surface area (Å²) in [6.07, 6.45) is 6.43. The minimum atomic E-state index is -4.16. The summed E-state index contributed by atoms with van der Waals surface area (Å²) >= 11 is 14.2. The standard InChI is InChI=1S/C28H21Cl2FN2O3S3/c29-22-14-26(38-28(22)30)39(35,36)32-25(34)10-9-17-11-18(31)13-21-20-6-2-3-7-23(20)33(27(17)21)15-19-12-16-5-1-4-8-24(16)37-19/h1,4-5,8-14H,2-3,6-7,15H2,(H,32,34)/b10-9+. The van der Waals surface area contributed by atoms with Gasteiger partial charge in [-0.1, -0.05) is 41.4 Å². The fourth-order valence-electron chi connectivity index (χ4n) is 5.18. The van der Waals surface area contributed by atoms with Gasteiger partial charge in [0.05, 0.1) is 17.1 Å². The Morgan fingerprint density at radius 1 is 1.08 bits per heavy atom. The van der Waals surface area contributed by atoms with Crippen LogP contribution in [0.15, 0.2) is 58.8 Å². The summed E-state index contributed by atoms with van der Waals surface area (Å²) in [7, 11) is -4.16. The summed E-state index contributed by atoms with van der Waals surface area (Å²) in [6.45, 7) is 0.623. The van der Waals surface area contributed by atoms with E-state index >= 15 is 0 Å². The molecule has 0 unspecified atom stereocenters. The van der Waals surface area contributed by atoms with E-state index in [9.17, 15) is 17.6 Å². The van der Waals surface area contributed by atoms with E-state index in [1.807, 2.05) is 16.9 Å². The largest absolute Gasteiger partial charge is 0.339 e. The number of hydrogen-bond acceptors (Lipinski definition) is 5. The molecule has 5 aromatic rings. The molecule has 11 heteroatoms. The third kappa shape index (κ3) is 5.14. The second-order valence-corrected chi connectivity index (χ2v) is 14.5. The number of rotatable bonds is 6. The Balaban J connectivity index is 1.39. The average Bonchev–Trinajstić information content (AvgIpc) is 3.56. The lowest BCUT2D eigenvalue weighted by Crippen LogP contribution is -2.28. The number of benzene rings is 2. The molecule has 1 N–H and O–H groups in total. The van der Waals surface area contributed by atoms with Crippen LogP contribution in [0.5, 0.6) is 0 Å². The van der Waals surface area contributed by atoms with Crippen LogP contribution in [0.4, 0.5) is 4.39 Å². The molecule has 1 aliphatic carbocycles. The molecule has 2 aromatic carbocycles. The molecule has 5 nitrogen and oxygen atoms in total. The van der Waals surface area contributed by atoms with Gasteiger partial charge in [-0.05, 0) is 73.0 Å². The zero-order valence-electron chi connectivity index (χ0n) is 20.3. The summed E-state index contributed by atoms with van der Waals surface area (Å²) < 4.78 is 45.5. The molecule has 1 aliphatic rings. The van der Waals surface area contributed by atoms with Gasteiger partial charge in [-0.2, -0.15) is 0 Å². The smallest absolute Gasteiger partial charge is 0.273 e. The minimum absolute atomic E-state index is 0.0931. The summed E-state index contributed by atoms with van der Waals surface area (Å²) in [5.41, 5.74) is 3.68. The summed E-state index contributed by atoms with van der Waals surface area (Å²) in [5.74, 6) is -1.27. The van der Waals surface area contributed by atoms with Gasteiger partial charge < -0.3 is 4.57 Å². The fourth-order valence-corrected chi connectivity index (χ4v) is 9.06. The SMILES string of the molecule is O=C(/C=C/c1cc(F)cc2c3c(n(Cc4cc5ccccc5s4)c12)CCCC3)NS(=O)(=O)c1cc(Cl)c(Cl)s1. The first kappa shape index (κ1) is 26.5. The Morgan fingerprint density at radius 3 is 2.64 bits per heavy atom. The van der Waals surface area contributed by atoms with Crippen LogP contribution in [0.3, 0.4) is 0 Å². The zero-order chi connectivity index (χ0) is 27.3. The monoisotopic (exact) mass is 618 g/mol. The topological polar surface area (TPSA) is 68.2 Å². The highest BCUT2D eigenvalue weighted by molar-refractivity contribution is 7.92. The quantitative estimate of drug-likeness (QED) is 0.197. The fraction of sp³-hybridized carbons (Fsp3) is 0.179. The number of aromatic nitrogens is 1. The van der Waals surface area contributed by atoms with E-state index in [0.717, 1.165) is 59.6 Å². The molecule has 6 rings (SSSR count). The van der Waals surface area contributed by atoms with Gasteiger partial charge in [-0.3, -0.25) is 4.79 Å². The van der Waals surface area contributed by atoms with Gasteiger partial charge in [-0.25, -0.2) is 17.5 Å². The van der Waals surface area contributed by atoms with Crippen LogP contribution in [-0.4, -0.2) is 18.9 Å². The minimum Gasteiger partial charge on any atom is -0.339 e. The Morgan fingerprint density at radius 2 is 1.87 bits per heavy atom. The number of thiophene rings is 2. The third-order valence-electron chi connectivity index (χ3n) is 6.79. The van der Waals surface area contributed by atoms with E-state index in [2.05, 4.69) is 22.8 Å². The molecule has 39 heavy (non-hydrogen) atoms. The van der Waals surface area contributed by atoms with Crippen LogP contribution in [0.25, 0.3) is 27.1 Å². The Labute approximate surface area is 242 Å². The average molecular weight is 620 g/mol. The Kier molecular flexibility index (Phi) is 7.05. The van der Waals surface area contributed by atoms with Crippen molar-refractivity contribution in [3.05, 3.63) is 91.5 Å². The zero-order valence-corrected chi connectivity index (χ0v) is 24.3. The van der Waals surface area contributed by atoms with Crippen molar-refractivity contribution in [1.29, 1.82) is 0 Å². The van der Waals surface area contributed by atoms with Crippen molar-refractivity contribution < 1.29 is 17.6 Å². The van der Waals surface area contributed by atoms with E-state index in [0.29, 0.717) is 12.1 Å². The lowest BCUT2D eigenvalue weighted by molar-refractivity contribution is -0.114. The van der Waals surface area contributed by atoms with E-state index in [1.165, 1.54) is 38.9 Å².